The van der Waals surface area contributed by atoms with Crippen molar-refractivity contribution in [2.45, 2.75) is 6.54 Å². The highest BCUT2D eigenvalue weighted by Crippen LogP contribution is 2.00. The lowest BCUT2D eigenvalue weighted by atomic mass is 10.5. The Kier molecular flexibility index (Phi) is 4.11. The van der Waals surface area contributed by atoms with Gasteiger partial charge >= 0.3 is 0 Å². The summed E-state index contributed by atoms with van der Waals surface area (Å²) in [5, 5.41) is 1.79. The van der Waals surface area contributed by atoms with Crippen molar-refractivity contribution >= 4 is 33.0 Å². The van der Waals surface area contributed by atoms with E-state index >= 15 is 0 Å². The van der Waals surface area contributed by atoms with Crippen LogP contribution in [0.3, 0.4) is 0 Å². The van der Waals surface area contributed by atoms with Crippen LogP contribution in [-0.4, -0.2) is 25.0 Å². The van der Waals surface area contributed by atoms with E-state index < -0.39 is 10.0 Å². The van der Waals surface area contributed by atoms with Gasteiger partial charge in [-0.25, -0.2) is 18.1 Å². The molecule has 0 aliphatic carbocycles. The molecule has 0 aliphatic heterocycles. The molecule has 0 spiro atoms. The molecule has 1 aromatic heterocycles. The molecule has 0 aliphatic rings. The lowest BCUT2D eigenvalue weighted by molar-refractivity contribution is 0.582. The molecule has 13 heavy (non-hydrogen) atoms. The third kappa shape index (κ3) is 4.04. The lowest BCUT2D eigenvalue weighted by Crippen LogP contribution is -2.26. The van der Waals surface area contributed by atoms with Crippen LogP contribution in [0.5, 0.6) is 0 Å². The van der Waals surface area contributed by atoms with Crippen LogP contribution in [0.25, 0.3) is 0 Å². The maximum absolute atomic E-state index is 11.1. The molecule has 1 aromatic rings. The quantitative estimate of drug-likeness (QED) is 0.775. The van der Waals surface area contributed by atoms with Crippen molar-refractivity contribution in [3.8, 4) is 0 Å². The van der Waals surface area contributed by atoms with Crippen molar-refractivity contribution in [2.24, 2.45) is 0 Å². The molecule has 74 valence electrons. The van der Waals surface area contributed by atoms with Crippen LogP contribution in [0.1, 0.15) is 5.69 Å². The summed E-state index contributed by atoms with van der Waals surface area (Å²) in [6.07, 6.45) is 0. The Morgan fingerprint density at radius 2 is 2.38 bits per heavy atom. The largest absolute Gasteiger partial charge is 0.248 e. The van der Waals surface area contributed by atoms with Crippen LogP contribution in [0, 0.1) is 0 Å². The minimum Gasteiger partial charge on any atom is -0.248 e. The molecular formula is C6H9ClN2O2S2. The second-order valence-electron chi connectivity index (χ2n) is 2.31. The van der Waals surface area contributed by atoms with Crippen LogP contribution < -0.4 is 4.72 Å². The van der Waals surface area contributed by atoms with E-state index in [4.69, 9.17) is 11.6 Å². The Balaban J connectivity index is 2.43. The Morgan fingerprint density at radius 3 is 2.92 bits per heavy atom. The molecule has 0 amide bonds. The van der Waals surface area contributed by atoms with Crippen LogP contribution in [0.2, 0.25) is 0 Å². The first-order chi connectivity index (χ1) is 6.14. The number of sulfonamides is 1. The highest BCUT2D eigenvalue weighted by Gasteiger charge is 2.08. The lowest BCUT2D eigenvalue weighted by Gasteiger charge is -2.01. The zero-order chi connectivity index (χ0) is 9.73. The van der Waals surface area contributed by atoms with Crippen molar-refractivity contribution in [2.75, 3.05) is 11.6 Å². The second kappa shape index (κ2) is 4.90. The van der Waals surface area contributed by atoms with Gasteiger partial charge in [0.25, 0.3) is 0 Å². The monoisotopic (exact) mass is 240 g/mol. The highest BCUT2D eigenvalue weighted by molar-refractivity contribution is 7.89. The standard InChI is InChI=1S/C6H9ClN2O2S2/c7-1-2-13(10,11)9-3-6-4-12-5-8-6/h4-5,9H,1-3H2. The first-order valence-corrected chi connectivity index (χ1v) is 6.67. The molecule has 0 saturated heterocycles. The summed E-state index contributed by atoms with van der Waals surface area (Å²) in [6.45, 7) is 0.239. The molecule has 1 N–H and O–H groups in total. The van der Waals surface area contributed by atoms with Gasteiger partial charge in [0, 0.05) is 11.3 Å². The smallest absolute Gasteiger partial charge is 0.213 e. The van der Waals surface area contributed by atoms with E-state index in [0.29, 0.717) is 0 Å². The average Bonchev–Trinajstić information content (AvgIpc) is 2.52. The van der Waals surface area contributed by atoms with Gasteiger partial charge in [0.1, 0.15) is 0 Å². The van der Waals surface area contributed by atoms with Crippen LogP contribution in [0.4, 0.5) is 0 Å². The van der Waals surface area contributed by atoms with Crippen molar-refractivity contribution < 1.29 is 8.42 Å². The summed E-state index contributed by atoms with van der Waals surface area (Å²) in [7, 11) is -3.23. The summed E-state index contributed by atoms with van der Waals surface area (Å²) in [4.78, 5) is 3.94. The van der Waals surface area contributed by atoms with Gasteiger partial charge in [0.15, 0.2) is 0 Å². The fourth-order valence-corrected chi connectivity index (χ4v) is 2.57. The van der Waals surface area contributed by atoms with E-state index in [-0.39, 0.29) is 18.2 Å². The molecule has 0 atom stereocenters. The van der Waals surface area contributed by atoms with Gasteiger partial charge in [-0.3, -0.25) is 0 Å². The van der Waals surface area contributed by atoms with Gasteiger partial charge in [0.05, 0.1) is 23.5 Å². The number of nitrogens with one attached hydrogen (secondary N) is 1. The number of rotatable bonds is 5. The third-order valence-electron chi connectivity index (χ3n) is 1.30. The second-order valence-corrected chi connectivity index (χ2v) is 5.33. The van der Waals surface area contributed by atoms with Crippen molar-refractivity contribution in [1.29, 1.82) is 0 Å². The molecule has 0 fully saturated rings. The Morgan fingerprint density at radius 1 is 1.62 bits per heavy atom. The summed E-state index contributed by atoms with van der Waals surface area (Å²) in [5.41, 5.74) is 2.38. The van der Waals surface area contributed by atoms with E-state index in [9.17, 15) is 8.42 Å². The molecule has 0 aromatic carbocycles. The number of nitrogens with zero attached hydrogens (tertiary/aromatic N) is 1. The van der Waals surface area contributed by atoms with Gasteiger partial charge in [0.2, 0.25) is 10.0 Å². The average molecular weight is 241 g/mol. The van der Waals surface area contributed by atoms with E-state index in [1.54, 1.807) is 10.9 Å². The highest BCUT2D eigenvalue weighted by atomic mass is 35.5. The predicted molar refractivity (Wildman–Crippen MR) is 53.5 cm³/mol. The summed E-state index contributed by atoms with van der Waals surface area (Å²) >= 11 is 6.75. The van der Waals surface area contributed by atoms with E-state index in [1.165, 1.54) is 11.3 Å². The van der Waals surface area contributed by atoms with E-state index in [1.807, 2.05) is 0 Å². The first kappa shape index (κ1) is 10.9. The van der Waals surface area contributed by atoms with Gasteiger partial charge in [-0.05, 0) is 0 Å². The summed E-state index contributed by atoms with van der Waals surface area (Å²) < 4.78 is 24.6. The predicted octanol–water partition coefficient (Wildman–Crippen LogP) is 0.801. The fraction of sp³-hybridized carbons (Fsp3) is 0.500. The van der Waals surface area contributed by atoms with Crippen molar-refractivity contribution in [3.63, 3.8) is 0 Å². The molecule has 4 nitrogen and oxygen atoms in total. The summed E-state index contributed by atoms with van der Waals surface area (Å²) in [5.74, 6) is 0.0467. The van der Waals surface area contributed by atoms with Gasteiger partial charge in [-0.15, -0.1) is 22.9 Å². The number of hydrogen-bond donors (Lipinski definition) is 1. The van der Waals surface area contributed by atoms with E-state index in [0.717, 1.165) is 5.69 Å². The normalized spacial score (nSPS) is 11.8. The molecular weight excluding hydrogens is 232 g/mol. The van der Waals surface area contributed by atoms with E-state index in [2.05, 4.69) is 9.71 Å². The number of hydrogen-bond acceptors (Lipinski definition) is 4. The van der Waals surface area contributed by atoms with Crippen molar-refractivity contribution in [1.82, 2.24) is 9.71 Å². The number of aromatic nitrogens is 1. The Hall–Kier alpha value is -0.170. The van der Waals surface area contributed by atoms with Gasteiger partial charge in [-0.2, -0.15) is 0 Å². The third-order valence-corrected chi connectivity index (χ3v) is 3.68. The molecule has 1 rings (SSSR count). The maximum Gasteiger partial charge on any atom is 0.213 e. The molecule has 0 radical (unpaired) electrons. The number of alkyl halides is 1. The Labute approximate surface area is 86.0 Å². The van der Waals surface area contributed by atoms with Crippen LogP contribution >= 0.6 is 22.9 Å². The molecule has 0 bridgehead atoms. The molecule has 1 heterocycles. The topological polar surface area (TPSA) is 59.1 Å². The molecule has 7 heteroatoms. The summed E-state index contributed by atoms with van der Waals surface area (Å²) in [6, 6.07) is 0. The molecule has 0 saturated carbocycles. The zero-order valence-electron chi connectivity index (χ0n) is 6.73. The minimum atomic E-state index is -3.23. The SMILES string of the molecule is O=S(=O)(CCCl)NCc1cscn1. The van der Waals surface area contributed by atoms with Crippen LogP contribution in [0.15, 0.2) is 10.9 Å². The first-order valence-electron chi connectivity index (χ1n) is 3.54. The zero-order valence-corrected chi connectivity index (χ0v) is 9.12. The molecule has 0 unspecified atom stereocenters. The minimum absolute atomic E-state index is 0.0569. The maximum atomic E-state index is 11.1. The van der Waals surface area contributed by atoms with Gasteiger partial charge < -0.3 is 0 Å². The number of halogens is 1. The Bertz CT molecular complexity index is 336. The fourth-order valence-electron chi connectivity index (χ4n) is 0.682. The van der Waals surface area contributed by atoms with Crippen LogP contribution in [-0.2, 0) is 16.6 Å². The van der Waals surface area contributed by atoms with Gasteiger partial charge in [-0.1, -0.05) is 0 Å². The number of thiazole rings is 1. The van der Waals surface area contributed by atoms with Crippen molar-refractivity contribution in [3.05, 3.63) is 16.6 Å².